The number of rotatable bonds is 2. The van der Waals surface area contributed by atoms with Crippen molar-refractivity contribution in [3.8, 4) is 0 Å². The summed E-state index contributed by atoms with van der Waals surface area (Å²) in [6.07, 6.45) is 8.63. The molecule has 0 radical (unpaired) electrons. The third kappa shape index (κ3) is 1.85. The van der Waals surface area contributed by atoms with Crippen molar-refractivity contribution in [2.75, 3.05) is 0 Å². The van der Waals surface area contributed by atoms with Gasteiger partial charge in [-0.3, -0.25) is 4.79 Å². The van der Waals surface area contributed by atoms with Crippen LogP contribution in [0.5, 0.6) is 0 Å². The minimum Gasteiger partial charge on any atom is -0.481 e. The van der Waals surface area contributed by atoms with E-state index < -0.39 is 5.97 Å². The summed E-state index contributed by atoms with van der Waals surface area (Å²) in [6, 6.07) is 0. The van der Waals surface area contributed by atoms with Gasteiger partial charge in [0.15, 0.2) is 0 Å². The second-order valence-electron chi connectivity index (χ2n) is 5.28. The Kier molecular flexibility index (Phi) is 2.65. The van der Waals surface area contributed by atoms with E-state index in [0.717, 1.165) is 12.8 Å². The molecule has 0 amide bonds. The molecule has 1 saturated carbocycles. The third-order valence-electron chi connectivity index (χ3n) is 4.22. The maximum atomic E-state index is 11.0. The Morgan fingerprint density at radius 3 is 2.82 bits per heavy atom. The first kappa shape index (κ1) is 10.8. The number of aromatic nitrogens is 2. The van der Waals surface area contributed by atoms with Crippen LogP contribution in [0.15, 0.2) is 6.33 Å². The van der Waals surface area contributed by atoms with Crippen molar-refractivity contribution in [1.29, 1.82) is 0 Å². The zero-order valence-corrected chi connectivity index (χ0v) is 9.93. The summed E-state index contributed by atoms with van der Waals surface area (Å²) < 4.78 is 2.07. The molecule has 3 rings (SSSR count). The largest absolute Gasteiger partial charge is 0.481 e. The molecule has 4 nitrogen and oxygen atoms in total. The van der Waals surface area contributed by atoms with Gasteiger partial charge in [-0.2, -0.15) is 0 Å². The minimum absolute atomic E-state index is 0.229. The fraction of sp³-hybridized carbons (Fsp3) is 0.692. The lowest BCUT2D eigenvalue weighted by Crippen LogP contribution is -2.26. The van der Waals surface area contributed by atoms with Crippen LogP contribution in [-0.4, -0.2) is 20.6 Å². The predicted octanol–water partition coefficient (Wildman–Crippen LogP) is 2.19. The molecule has 0 saturated heterocycles. The van der Waals surface area contributed by atoms with Gasteiger partial charge in [0.05, 0.1) is 17.9 Å². The number of imidazole rings is 1. The Balaban J connectivity index is 1.84. The molecule has 1 aromatic rings. The van der Waals surface area contributed by atoms with E-state index in [0.29, 0.717) is 12.5 Å². The van der Waals surface area contributed by atoms with E-state index in [1.54, 1.807) is 0 Å². The van der Waals surface area contributed by atoms with Gasteiger partial charge in [-0.15, -0.1) is 0 Å². The van der Waals surface area contributed by atoms with Gasteiger partial charge in [-0.25, -0.2) is 4.98 Å². The molecule has 0 aromatic carbocycles. The molecule has 1 N–H and O–H groups in total. The SMILES string of the molecule is O=C(O)C1CCc2c(C3CCCC3)ncn2C1. The lowest BCUT2D eigenvalue weighted by Gasteiger charge is -2.22. The molecule has 0 bridgehead atoms. The fourth-order valence-corrected chi connectivity index (χ4v) is 3.23. The molecule has 1 atom stereocenters. The molecule has 2 aliphatic rings. The van der Waals surface area contributed by atoms with Gasteiger partial charge >= 0.3 is 5.97 Å². The summed E-state index contributed by atoms with van der Waals surface area (Å²) in [5, 5.41) is 9.05. The molecule has 1 aliphatic carbocycles. The van der Waals surface area contributed by atoms with E-state index in [1.807, 2.05) is 6.33 Å². The Morgan fingerprint density at radius 2 is 2.12 bits per heavy atom. The Morgan fingerprint density at radius 1 is 1.35 bits per heavy atom. The summed E-state index contributed by atoms with van der Waals surface area (Å²) in [5.74, 6) is -0.271. The van der Waals surface area contributed by atoms with Crippen LogP contribution in [0.4, 0.5) is 0 Å². The van der Waals surface area contributed by atoms with Crippen LogP contribution in [0.25, 0.3) is 0 Å². The number of aliphatic carboxylic acids is 1. The molecule has 1 aliphatic heterocycles. The van der Waals surface area contributed by atoms with E-state index >= 15 is 0 Å². The van der Waals surface area contributed by atoms with Gasteiger partial charge in [-0.1, -0.05) is 12.8 Å². The summed E-state index contributed by atoms with van der Waals surface area (Å²) in [6.45, 7) is 0.602. The zero-order valence-electron chi connectivity index (χ0n) is 9.93. The van der Waals surface area contributed by atoms with Crippen LogP contribution in [0.3, 0.4) is 0 Å². The molecule has 17 heavy (non-hydrogen) atoms. The highest BCUT2D eigenvalue weighted by Gasteiger charge is 2.29. The number of hydrogen-bond acceptors (Lipinski definition) is 2. The summed E-state index contributed by atoms with van der Waals surface area (Å²) in [4.78, 5) is 15.5. The van der Waals surface area contributed by atoms with Crippen molar-refractivity contribution >= 4 is 5.97 Å². The second-order valence-corrected chi connectivity index (χ2v) is 5.28. The molecule has 2 heterocycles. The first-order valence-corrected chi connectivity index (χ1v) is 6.52. The summed E-state index contributed by atoms with van der Waals surface area (Å²) >= 11 is 0. The van der Waals surface area contributed by atoms with E-state index in [-0.39, 0.29) is 5.92 Å². The average molecular weight is 234 g/mol. The normalized spacial score (nSPS) is 24.8. The van der Waals surface area contributed by atoms with Crippen LogP contribution in [0.1, 0.15) is 49.4 Å². The van der Waals surface area contributed by atoms with Gasteiger partial charge in [0.2, 0.25) is 0 Å². The molecule has 4 heteroatoms. The highest BCUT2D eigenvalue weighted by atomic mass is 16.4. The highest BCUT2D eigenvalue weighted by molar-refractivity contribution is 5.70. The maximum Gasteiger partial charge on any atom is 0.308 e. The number of nitrogens with zero attached hydrogens (tertiary/aromatic N) is 2. The monoisotopic (exact) mass is 234 g/mol. The Labute approximate surface area is 101 Å². The molecular weight excluding hydrogens is 216 g/mol. The van der Waals surface area contributed by atoms with E-state index in [1.165, 1.54) is 37.1 Å². The van der Waals surface area contributed by atoms with Gasteiger partial charge in [0, 0.05) is 18.2 Å². The minimum atomic E-state index is -0.674. The number of carbonyl (C=O) groups is 1. The van der Waals surface area contributed by atoms with E-state index in [4.69, 9.17) is 5.11 Å². The molecule has 0 spiro atoms. The van der Waals surface area contributed by atoms with Crippen LogP contribution < -0.4 is 0 Å². The lowest BCUT2D eigenvalue weighted by atomic mass is 9.93. The highest BCUT2D eigenvalue weighted by Crippen LogP contribution is 2.36. The topological polar surface area (TPSA) is 55.1 Å². The van der Waals surface area contributed by atoms with E-state index in [2.05, 4.69) is 9.55 Å². The van der Waals surface area contributed by atoms with Crippen LogP contribution in [-0.2, 0) is 17.8 Å². The Hall–Kier alpha value is -1.32. The summed E-state index contributed by atoms with van der Waals surface area (Å²) in [7, 11) is 0. The molecule has 1 aromatic heterocycles. The van der Waals surface area contributed by atoms with Gasteiger partial charge in [0.25, 0.3) is 0 Å². The van der Waals surface area contributed by atoms with Gasteiger partial charge in [-0.05, 0) is 25.7 Å². The quantitative estimate of drug-likeness (QED) is 0.853. The number of carboxylic acid groups (broad SMARTS) is 1. The number of hydrogen-bond donors (Lipinski definition) is 1. The first-order chi connectivity index (χ1) is 8.25. The molecule has 92 valence electrons. The zero-order chi connectivity index (χ0) is 11.8. The third-order valence-corrected chi connectivity index (χ3v) is 4.22. The number of fused-ring (bicyclic) bond motifs is 1. The molecular formula is C13H18N2O2. The molecule has 1 unspecified atom stereocenters. The Bertz CT molecular complexity index is 433. The lowest BCUT2D eigenvalue weighted by molar-refractivity contribution is -0.142. The maximum absolute atomic E-state index is 11.0. The van der Waals surface area contributed by atoms with Crippen molar-refractivity contribution in [3.63, 3.8) is 0 Å². The van der Waals surface area contributed by atoms with Crippen molar-refractivity contribution in [3.05, 3.63) is 17.7 Å². The fourth-order valence-electron chi connectivity index (χ4n) is 3.23. The van der Waals surface area contributed by atoms with Crippen molar-refractivity contribution < 1.29 is 9.90 Å². The number of carboxylic acids is 1. The van der Waals surface area contributed by atoms with Crippen molar-refractivity contribution in [2.45, 2.75) is 51.0 Å². The summed E-state index contributed by atoms with van der Waals surface area (Å²) in [5.41, 5.74) is 2.56. The standard InChI is InChI=1S/C13H18N2O2/c16-13(17)10-5-6-11-12(9-3-1-2-4-9)14-8-15(11)7-10/h8-10H,1-7H2,(H,16,17). The van der Waals surface area contributed by atoms with Crippen molar-refractivity contribution in [2.24, 2.45) is 5.92 Å². The van der Waals surface area contributed by atoms with E-state index in [9.17, 15) is 4.79 Å². The van der Waals surface area contributed by atoms with Crippen LogP contribution in [0, 0.1) is 5.92 Å². The van der Waals surface area contributed by atoms with Crippen LogP contribution >= 0.6 is 0 Å². The smallest absolute Gasteiger partial charge is 0.308 e. The molecule has 1 fully saturated rings. The van der Waals surface area contributed by atoms with Crippen molar-refractivity contribution in [1.82, 2.24) is 9.55 Å². The predicted molar refractivity (Wildman–Crippen MR) is 62.9 cm³/mol. The second kappa shape index (κ2) is 4.17. The van der Waals surface area contributed by atoms with Crippen LogP contribution in [0.2, 0.25) is 0 Å². The first-order valence-electron chi connectivity index (χ1n) is 6.52. The van der Waals surface area contributed by atoms with Gasteiger partial charge in [0.1, 0.15) is 0 Å². The average Bonchev–Trinajstić information content (AvgIpc) is 2.96. The van der Waals surface area contributed by atoms with Gasteiger partial charge < -0.3 is 9.67 Å².